The first-order valence-electron chi connectivity index (χ1n) is 44.0. The molecule has 36 heteroatoms. The molecule has 2 saturated heterocycles. The van der Waals surface area contributed by atoms with Crippen molar-refractivity contribution in [2.45, 2.75) is 127 Å². The standard InChI is InChI=1S/C50H56ClN7O9S.C45H48ClN7O9S/c1-50(2)16-14-35(43(27-50)33-8-10-36(51)11-9-33)30-56-18-20-57(21-19-56)37-12-13-41(46(24-37)66-39-23-34-15-17-52-47(34)53-29-39)48(59)55-68(63,64)40-25-44(58(61)62)42-22-32(31-65-45(42)26-40)28-54-49(60)67-38-6-4-3-5-7-38;1-45(2)12-10-31(38(23-45)29-4-6-32(46)7-5-29)26-51-14-16-52(17-15-51)33-8-9-36(41(20-33)62-34-19-30-11-13-47-42(30)48-25-34)43(54)50-63(58,59)35-21-39(53(56)57)37-18-28(24-49-44(55)60-3)27-61-40(37)22-35/h8-13,15,17,23-26,29,32,38H,3-7,14,16,18-22,27-28,30-31H2,1-2H3,(H,52,53)(H,54,60)(H,55,59);4-9,11,13,19-22,25,28H,10,12,14-18,23-24,26-27H2,1-3H3,(H,47,48)(H,49,55)(H,50,54)/t32-;28-/m00/s1. The maximum absolute atomic E-state index is 14.1. The van der Waals surface area contributed by atoms with Gasteiger partial charge in [-0.15, -0.1) is 0 Å². The zero-order chi connectivity index (χ0) is 92.0. The van der Waals surface area contributed by atoms with Gasteiger partial charge < -0.3 is 58.8 Å². The van der Waals surface area contributed by atoms with Gasteiger partial charge >= 0.3 is 12.2 Å². The number of H-pyrrole nitrogens is 2. The summed E-state index contributed by atoms with van der Waals surface area (Å²) >= 11 is 12.5. The normalized spacial score (nSPS) is 18.3. The smallest absolute Gasteiger partial charge is 0.407 e. The molecule has 17 rings (SSSR count). The Kier molecular flexibility index (Phi) is 27.6. The molecule has 32 nitrogen and oxygen atoms in total. The fourth-order valence-corrected chi connectivity index (χ4v) is 20.5. The van der Waals surface area contributed by atoms with Crippen LogP contribution in [0.4, 0.5) is 32.3 Å². The highest BCUT2D eigenvalue weighted by Crippen LogP contribution is 2.47. The maximum Gasteiger partial charge on any atom is 0.407 e. The van der Waals surface area contributed by atoms with E-state index in [2.05, 4.69) is 116 Å². The van der Waals surface area contributed by atoms with Crippen LogP contribution in [-0.2, 0) is 42.4 Å². The average Bonchev–Trinajstić information content (AvgIpc) is 1.15. The quantitative estimate of drug-likeness (QED) is 0.0229. The Morgan fingerprint density at radius 2 is 0.962 bits per heavy atom. The summed E-state index contributed by atoms with van der Waals surface area (Å²) in [6.07, 6.45) is 16.5. The predicted octanol–water partition coefficient (Wildman–Crippen LogP) is 17.2. The van der Waals surface area contributed by atoms with Crippen LogP contribution in [0.1, 0.15) is 141 Å². The molecule has 131 heavy (non-hydrogen) atoms. The molecular formula is C95H104Cl2N14O18S2. The van der Waals surface area contributed by atoms with Crippen molar-refractivity contribution in [2.24, 2.45) is 22.7 Å². The third-order valence-corrected chi connectivity index (χ3v) is 28.6. The number of hydrogen-bond donors (Lipinski definition) is 6. The Morgan fingerprint density at radius 1 is 0.542 bits per heavy atom. The summed E-state index contributed by atoms with van der Waals surface area (Å²) in [6.45, 7) is 17.4. The van der Waals surface area contributed by atoms with E-state index < -0.39 is 75.1 Å². The van der Waals surface area contributed by atoms with Crippen molar-refractivity contribution in [1.82, 2.24) is 49.8 Å². The fourth-order valence-electron chi connectivity index (χ4n) is 18.2. The van der Waals surface area contributed by atoms with Crippen molar-refractivity contribution in [2.75, 3.05) is 109 Å². The Balaban J connectivity index is 0.000000192. The van der Waals surface area contributed by atoms with E-state index in [0.717, 1.165) is 160 Å². The van der Waals surface area contributed by atoms with Gasteiger partial charge in [0.2, 0.25) is 0 Å². The number of ether oxygens (including phenoxy) is 6. The molecular weight excluding hydrogens is 1760 g/mol. The molecule has 4 amide bonds. The molecule has 10 aromatic rings. The lowest BCUT2D eigenvalue weighted by Gasteiger charge is -2.39. The summed E-state index contributed by atoms with van der Waals surface area (Å²) in [5.41, 5.74) is 10.6. The van der Waals surface area contributed by atoms with E-state index in [1.165, 1.54) is 71.1 Å². The molecule has 1 saturated carbocycles. The number of allylic oxidation sites excluding steroid dienone is 2. The topological polar surface area (TPSA) is 397 Å². The van der Waals surface area contributed by atoms with E-state index in [4.69, 9.17) is 46.9 Å². The number of carbonyl (C=O) groups is 4. The predicted molar refractivity (Wildman–Crippen MR) is 497 cm³/mol. The van der Waals surface area contributed by atoms with Gasteiger partial charge in [0.15, 0.2) is 0 Å². The van der Waals surface area contributed by atoms with Crippen molar-refractivity contribution in [1.29, 1.82) is 0 Å². The number of fused-ring (bicyclic) bond motifs is 4. The molecule has 3 fully saturated rings. The number of pyridine rings is 2. The Hall–Kier alpha value is -12.3. The summed E-state index contributed by atoms with van der Waals surface area (Å²) in [7, 11) is -8.15. The van der Waals surface area contributed by atoms with Crippen LogP contribution in [0.3, 0.4) is 0 Å². The molecule has 0 bridgehead atoms. The minimum absolute atomic E-state index is 0.00567. The van der Waals surface area contributed by atoms with Crippen molar-refractivity contribution in [3.63, 3.8) is 0 Å². The first kappa shape index (κ1) is 92.0. The molecule has 8 heterocycles. The molecule has 2 atom stereocenters. The highest BCUT2D eigenvalue weighted by atomic mass is 35.5. The number of piperazine rings is 2. The van der Waals surface area contributed by atoms with E-state index in [1.807, 2.05) is 36.4 Å². The number of anilines is 2. The van der Waals surface area contributed by atoms with Crippen LogP contribution < -0.4 is 48.8 Å². The Labute approximate surface area is 768 Å². The molecule has 0 unspecified atom stereocenters. The zero-order valence-electron chi connectivity index (χ0n) is 73.3. The van der Waals surface area contributed by atoms with Gasteiger partial charge in [-0.2, -0.15) is 0 Å². The molecule has 4 aliphatic heterocycles. The van der Waals surface area contributed by atoms with Crippen molar-refractivity contribution >= 4 is 123 Å². The monoisotopic (exact) mass is 1860 g/mol. The van der Waals surface area contributed by atoms with Crippen LogP contribution in [0.25, 0.3) is 33.2 Å². The van der Waals surface area contributed by atoms with Crippen LogP contribution in [0.15, 0.2) is 179 Å². The Bertz CT molecular complexity index is 6320. The summed E-state index contributed by atoms with van der Waals surface area (Å²) < 4.78 is 94.2. The number of hydrogen-bond acceptors (Lipinski definition) is 24. The maximum atomic E-state index is 14.1. The van der Waals surface area contributed by atoms with E-state index in [9.17, 15) is 56.2 Å². The van der Waals surface area contributed by atoms with Crippen molar-refractivity contribution < 1.29 is 74.3 Å². The molecule has 6 aromatic carbocycles. The molecule has 4 aromatic heterocycles. The molecule has 0 spiro atoms. The van der Waals surface area contributed by atoms with Crippen molar-refractivity contribution in [3.8, 4) is 34.5 Å². The number of nitrogens with zero attached hydrogens (tertiary/aromatic N) is 8. The molecule has 6 N–H and O–H groups in total. The van der Waals surface area contributed by atoms with Gasteiger partial charge in [-0.05, 0) is 183 Å². The number of alkyl carbamates (subject to hydrolysis) is 2. The van der Waals surface area contributed by atoms with Gasteiger partial charge in [0.1, 0.15) is 51.9 Å². The number of methoxy groups -OCH3 is 1. The van der Waals surface area contributed by atoms with E-state index in [0.29, 0.717) is 49.0 Å². The first-order chi connectivity index (χ1) is 62.8. The number of nitro benzene ring substituents is 2. The van der Waals surface area contributed by atoms with Crippen LogP contribution >= 0.6 is 23.2 Å². The Morgan fingerprint density at radius 3 is 1.37 bits per heavy atom. The van der Waals surface area contributed by atoms with Crippen LogP contribution in [0, 0.1) is 42.9 Å². The minimum Gasteiger partial charge on any atom is -0.493 e. The number of rotatable bonds is 25. The van der Waals surface area contributed by atoms with Gasteiger partial charge in [-0.25, -0.2) is 45.8 Å². The van der Waals surface area contributed by atoms with Gasteiger partial charge in [0, 0.05) is 171 Å². The van der Waals surface area contributed by atoms with Gasteiger partial charge in [0.05, 0.1) is 74.6 Å². The highest BCUT2D eigenvalue weighted by Gasteiger charge is 2.38. The zero-order valence-corrected chi connectivity index (χ0v) is 76.5. The number of nitrogens with one attached hydrogen (secondary N) is 6. The van der Waals surface area contributed by atoms with Crippen LogP contribution in [0.2, 0.25) is 10.0 Å². The lowest BCUT2D eigenvalue weighted by Crippen LogP contribution is -2.47. The summed E-state index contributed by atoms with van der Waals surface area (Å²) in [5.74, 6) is -1.83. The van der Waals surface area contributed by atoms with Gasteiger partial charge in [0.25, 0.3) is 43.2 Å². The third-order valence-electron chi connectivity index (χ3n) is 25.5. The number of aromatic nitrogens is 4. The largest absolute Gasteiger partial charge is 0.493 e. The minimum atomic E-state index is -4.69. The molecule has 688 valence electrons. The number of aromatic amines is 2. The first-order valence-corrected chi connectivity index (χ1v) is 47.7. The molecule has 3 aliphatic carbocycles. The second kappa shape index (κ2) is 39.4. The van der Waals surface area contributed by atoms with Gasteiger partial charge in [-0.1, -0.05) is 92.7 Å². The lowest BCUT2D eigenvalue weighted by atomic mass is 9.72. The van der Waals surface area contributed by atoms with Crippen LogP contribution in [0.5, 0.6) is 34.5 Å². The average molecular weight is 1860 g/mol. The SMILES string of the molecule is CC1(C)CCC(CN2CCN(c3ccc(C(=O)NS(=O)(=O)c4cc5c(c([N+](=O)[O-])c4)C[C@@H](CNC(=O)OC4CCCCC4)CO5)c(Oc4cnc5[nH]ccc5c4)c3)CC2)=C(c2ccc(Cl)cc2)C1.COC(=O)NC[C@H]1COc2cc(S(=O)(=O)NC(=O)c3ccc(N4CCN(CC5=C(c6ccc(Cl)cc6)CC(C)(C)CC5)CC4)cc3Oc3cnc4[nH]ccc4c3)cc([N+](=O)[O-])c2C1. The number of amides is 4. The molecule has 0 radical (unpaired) electrons. The van der Waals surface area contributed by atoms with Crippen LogP contribution in [-0.4, -0.2) is 185 Å². The second-order valence-corrected chi connectivity index (χ2v) is 40.3. The van der Waals surface area contributed by atoms with Crippen molar-refractivity contribution in [3.05, 3.63) is 233 Å². The summed E-state index contributed by atoms with van der Waals surface area (Å²) in [5, 5.41) is 32.9. The number of nitro groups is 2. The number of sulfonamides is 2. The van der Waals surface area contributed by atoms with Gasteiger partial charge in [-0.3, -0.25) is 39.6 Å². The number of carbonyl (C=O) groups excluding carboxylic acids is 4. The fraction of sp³-hybridized carbons (Fsp3) is 0.389. The number of halogens is 2. The lowest BCUT2D eigenvalue weighted by molar-refractivity contribution is -0.386. The summed E-state index contributed by atoms with van der Waals surface area (Å²) in [6, 6.07) is 37.6. The van der Waals surface area contributed by atoms with E-state index in [1.54, 1.807) is 48.8 Å². The van der Waals surface area contributed by atoms with E-state index >= 15 is 0 Å². The number of benzene rings is 6. The second-order valence-electron chi connectivity index (χ2n) is 36.0. The summed E-state index contributed by atoms with van der Waals surface area (Å²) in [4.78, 5) is 98.6. The highest BCUT2D eigenvalue weighted by molar-refractivity contribution is 7.90. The third kappa shape index (κ3) is 22.3. The van der Waals surface area contributed by atoms with E-state index in [-0.39, 0.29) is 113 Å². The molecule has 7 aliphatic rings.